The molecule has 2 aromatic carbocycles. The number of piperidine rings is 1. The second kappa shape index (κ2) is 10.4. The van der Waals surface area contributed by atoms with Crippen molar-refractivity contribution in [2.45, 2.75) is 49.1 Å². The summed E-state index contributed by atoms with van der Waals surface area (Å²) in [6.07, 6.45) is 5.12. The number of carbonyl (C=O) groups excluding carboxylic acids is 1. The van der Waals surface area contributed by atoms with Gasteiger partial charge in [-0.15, -0.1) is 0 Å². The first-order valence-electron chi connectivity index (χ1n) is 11.4. The predicted octanol–water partition coefficient (Wildman–Crippen LogP) is 3.75. The largest absolute Gasteiger partial charge is 0.497 e. The number of nitrogens with zero attached hydrogens (tertiary/aromatic N) is 1. The van der Waals surface area contributed by atoms with Crippen LogP contribution in [0, 0.1) is 0 Å². The molecule has 9 heteroatoms. The number of hydrogen-bond acceptors (Lipinski definition) is 5. The second-order valence-corrected chi connectivity index (χ2v) is 10.7. The number of methoxy groups -OCH3 is 1. The Morgan fingerprint density at radius 3 is 2.45 bits per heavy atom. The molecule has 2 aliphatic rings. The molecule has 1 heterocycles. The number of rotatable bonds is 9. The summed E-state index contributed by atoms with van der Waals surface area (Å²) >= 11 is 6.16. The maximum atomic E-state index is 13.0. The van der Waals surface area contributed by atoms with Crippen LogP contribution >= 0.6 is 11.6 Å². The third kappa shape index (κ3) is 6.06. The van der Waals surface area contributed by atoms with Crippen molar-refractivity contribution < 1.29 is 17.9 Å². The molecule has 1 saturated heterocycles. The molecule has 0 radical (unpaired) electrons. The Morgan fingerprint density at radius 1 is 1.12 bits per heavy atom. The van der Waals surface area contributed by atoms with E-state index < -0.39 is 10.0 Å². The van der Waals surface area contributed by atoms with E-state index >= 15 is 0 Å². The fourth-order valence-corrected chi connectivity index (χ4v) is 5.97. The molecule has 2 fully saturated rings. The second-order valence-electron chi connectivity index (χ2n) is 8.64. The van der Waals surface area contributed by atoms with Crippen molar-refractivity contribution in [3.8, 4) is 5.75 Å². The molecule has 4 rings (SSSR count). The van der Waals surface area contributed by atoms with Crippen LogP contribution in [0.1, 0.15) is 54.1 Å². The van der Waals surface area contributed by atoms with E-state index in [1.807, 2.05) is 24.3 Å². The zero-order chi connectivity index (χ0) is 23.4. The summed E-state index contributed by atoms with van der Waals surface area (Å²) in [6.45, 7) is 2.36. The molecule has 1 amide bonds. The van der Waals surface area contributed by atoms with Crippen molar-refractivity contribution in [2.24, 2.45) is 0 Å². The van der Waals surface area contributed by atoms with Gasteiger partial charge in [0.05, 0.1) is 18.2 Å². The monoisotopic (exact) mass is 491 g/mol. The van der Waals surface area contributed by atoms with Gasteiger partial charge in [0.1, 0.15) is 10.6 Å². The number of hydrogen-bond donors (Lipinski definition) is 2. The maximum Gasteiger partial charge on any atom is 0.251 e. The van der Waals surface area contributed by atoms with E-state index in [0.717, 1.165) is 50.1 Å². The summed E-state index contributed by atoms with van der Waals surface area (Å²) < 4.78 is 33.2. The smallest absolute Gasteiger partial charge is 0.251 e. The molecule has 7 nitrogen and oxygen atoms in total. The highest BCUT2D eigenvalue weighted by molar-refractivity contribution is 7.89. The van der Waals surface area contributed by atoms with Gasteiger partial charge in [0.25, 0.3) is 5.91 Å². The lowest BCUT2D eigenvalue weighted by Crippen LogP contribution is -2.40. The molecular formula is C24H30ClN3O4S. The lowest BCUT2D eigenvalue weighted by atomic mass is 10.0. The van der Waals surface area contributed by atoms with Crippen LogP contribution in [-0.2, 0) is 10.0 Å². The molecule has 178 valence electrons. The van der Waals surface area contributed by atoms with Crippen LogP contribution in [0.4, 0.5) is 0 Å². The number of halogens is 1. The van der Waals surface area contributed by atoms with Gasteiger partial charge in [-0.3, -0.25) is 9.69 Å². The molecule has 1 saturated carbocycles. The minimum Gasteiger partial charge on any atom is -0.497 e. The predicted molar refractivity (Wildman–Crippen MR) is 128 cm³/mol. The van der Waals surface area contributed by atoms with Crippen molar-refractivity contribution in [3.63, 3.8) is 0 Å². The Bertz CT molecular complexity index is 1080. The first kappa shape index (κ1) is 24.0. The molecule has 1 unspecified atom stereocenters. The minimum atomic E-state index is -3.76. The Morgan fingerprint density at radius 2 is 1.82 bits per heavy atom. The lowest BCUT2D eigenvalue weighted by molar-refractivity contribution is 0.0924. The SMILES string of the molecule is COc1ccc(C(CNC(=O)c2ccc(Cl)c(S(=O)(=O)NC3CC3)c2)N2CCCCC2)cc1. The molecule has 0 aromatic heterocycles. The van der Waals surface area contributed by atoms with Gasteiger partial charge in [0.2, 0.25) is 10.0 Å². The third-order valence-electron chi connectivity index (χ3n) is 6.17. The van der Waals surface area contributed by atoms with Gasteiger partial charge < -0.3 is 10.1 Å². The Hall–Kier alpha value is -2.13. The van der Waals surface area contributed by atoms with Crippen molar-refractivity contribution >= 4 is 27.5 Å². The Labute approximate surface area is 200 Å². The number of nitrogens with one attached hydrogen (secondary N) is 2. The summed E-state index contributed by atoms with van der Waals surface area (Å²) in [5.74, 6) is 0.458. The van der Waals surface area contributed by atoms with Crippen LogP contribution < -0.4 is 14.8 Å². The number of likely N-dealkylation sites (tertiary alicyclic amines) is 1. The van der Waals surface area contributed by atoms with Crippen LogP contribution in [0.25, 0.3) is 0 Å². The molecule has 33 heavy (non-hydrogen) atoms. The molecule has 2 aromatic rings. The first-order valence-corrected chi connectivity index (χ1v) is 13.2. The fraction of sp³-hybridized carbons (Fsp3) is 0.458. The van der Waals surface area contributed by atoms with Gasteiger partial charge in [-0.2, -0.15) is 0 Å². The number of sulfonamides is 1. The molecule has 1 aliphatic carbocycles. The molecule has 0 bridgehead atoms. The lowest BCUT2D eigenvalue weighted by Gasteiger charge is -2.35. The minimum absolute atomic E-state index is 0.0205. The number of amides is 1. The van der Waals surface area contributed by atoms with Gasteiger partial charge in [-0.05, 0) is 74.7 Å². The van der Waals surface area contributed by atoms with Crippen LogP contribution in [0.2, 0.25) is 5.02 Å². The van der Waals surface area contributed by atoms with Gasteiger partial charge >= 0.3 is 0 Å². The van der Waals surface area contributed by atoms with Gasteiger partial charge in [-0.25, -0.2) is 13.1 Å². The van der Waals surface area contributed by atoms with E-state index in [1.165, 1.54) is 18.6 Å². The van der Waals surface area contributed by atoms with Crippen LogP contribution in [0.5, 0.6) is 5.75 Å². The quantitative estimate of drug-likeness (QED) is 0.558. The van der Waals surface area contributed by atoms with Crippen molar-refractivity contribution in [2.75, 3.05) is 26.7 Å². The van der Waals surface area contributed by atoms with Gasteiger partial charge in [-0.1, -0.05) is 30.2 Å². The van der Waals surface area contributed by atoms with Crippen LogP contribution in [0.15, 0.2) is 47.4 Å². The highest BCUT2D eigenvalue weighted by Gasteiger charge is 2.30. The van der Waals surface area contributed by atoms with E-state index in [9.17, 15) is 13.2 Å². The molecule has 1 aliphatic heterocycles. The third-order valence-corrected chi connectivity index (χ3v) is 8.17. The number of ether oxygens (including phenoxy) is 1. The van der Waals surface area contributed by atoms with Crippen molar-refractivity contribution in [1.82, 2.24) is 14.9 Å². The molecule has 0 spiro atoms. The molecular weight excluding hydrogens is 462 g/mol. The zero-order valence-corrected chi connectivity index (χ0v) is 20.3. The number of benzene rings is 2. The highest BCUT2D eigenvalue weighted by Crippen LogP contribution is 2.28. The zero-order valence-electron chi connectivity index (χ0n) is 18.7. The van der Waals surface area contributed by atoms with E-state index in [2.05, 4.69) is 14.9 Å². The summed E-state index contributed by atoms with van der Waals surface area (Å²) in [7, 11) is -2.13. The van der Waals surface area contributed by atoms with E-state index in [0.29, 0.717) is 6.54 Å². The Balaban J connectivity index is 1.50. The van der Waals surface area contributed by atoms with Crippen LogP contribution in [-0.4, -0.2) is 52.0 Å². The standard InChI is InChI=1S/C24H30ClN3O4S/c1-32-20-10-5-17(6-11-20)22(28-13-3-2-4-14-28)16-26-24(29)18-7-12-21(25)23(15-18)33(30,31)27-19-8-9-19/h5-7,10-12,15,19,22,27H,2-4,8-9,13-14,16H2,1H3,(H,26,29). The van der Waals surface area contributed by atoms with Crippen molar-refractivity contribution in [3.05, 3.63) is 58.6 Å². The maximum absolute atomic E-state index is 13.0. The van der Waals surface area contributed by atoms with E-state index in [-0.39, 0.29) is 33.5 Å². The van der Waals surface area contributed by atoms with Crippen molar-refractivity contribution in [1.29, 1.82) is 0 Å². The highest BCUT2D eigenvalue weighted by atomic mass is 35.5. The summed E-state index contributed by atoms with van der Waals surface area (Å²) in [4.78, 5) is 15.3. The normalized spacial score (nSPS) is 18.0. The van der Waals surface area contributed by atoms with Gasteiger partial charge in [0.15, 0.2) is 0 Å². The van der Waals surface area contributed by atoms with Crippen LogP contribution in [0.3, 0.4) is 0 Å². The summed E-state index contributed by atoms with van der Waals surface area (Å²) in [6, 6.07) is 12.3. The van der Waals surface area contributed by atoms with E-state index in [4.69, 9.17) is 16.3 Å². The topological polar surface area (TPSA) is 87.7 Å². The first-order chi connectivity index (χ1) is 15.9. The number of carbonyl (C=O) groups is 1. The average molecular weight is 492 g/mol. The summed E-state index contributed by atoms with van der Waals surface area (Å²) in [5.41, 5.74) is 1.37. The Kier molecular flexibility index (Phi) is 7.58. The molecule has 1 atom stereocenters. The summed E-state index contributed by atoms with van der Waals surface area (Å²) in [5, 5.41) is 3.11. The molecule has 2 N–H and O–H groups in total. The average Bonchev–Trinajstić information content (AvgIpc) is 3.63. The van der Waals surface area contributed by atoms with Gasteiger partial charge in [0, 0.05) is 18.2 Å². The fourth-order valence-electron chi connectivity index (χ4n) is 4.14. The van der Waals surface area contributed by atoms with E-state index in [1.54, 1.807) is 13.2 Å².